The third-order valence-electron chi connectivity index (χ3n) is 2.82. The maximum atomic E-state index is 11.4. The van der Waals surface area contributed by atoms with Gasteiger partial charge in [-0.15, -0.1) is 0 Å². The van der Waals surface area contributed by atoms with Crippen LogP contribution in [0.4, 0.5) is 0 Å². The second-order valence-corrected chi connectivity index (χ2v) is 4.45. The fraction of sp³-hybridized carbons (Fsp3) is 0.235. The lowest BCUT2D eigenvalue weighted by Crippen LogP contribution is -2.14. The molecule has 1 aromatic heterocycles. The zero-order valence-corrected chi connectivity index (χ0v) is 11.5. The van der Waals surface area contributed by atoms with E-state index in [1.807, 2.05) is 36.4 Å². The predicted octanol–water partition coefficient (Wildman–Crippen LogP) is 2.34. The molecule has 2 aromatic rings. The van der Waals surface area contributed by atoms with Crippen LogP contribution in [-0.2, 0) is 18.4 Å². The Morgan fingerprint density at radius 2 is 2.00 bits per heavy atom. The largest absolute Gasteiger partial charge is 0.376 e. The van der Waals surface area contributed by atoms with Gasteiger partial charge in [-0.1, -0.05) is 42.2 Å². The number of hydrogen-bond donors (Lipinski definition) is 0. The second kappa shape index (κ2) is 7.32. The van der Waals surface area contributed by atoms with Crippen molar-refractivity contribution in [3.63, 3.8) is 0 Å². The molecule has 0 bridgehead atoms. The van der Waals surface area contributed by atoms with Gasteiger partial charge in [-0.05, 0) is 11.6 Å². The Bertz CT molecular complexity index is 663. The van der Waals surface area contributed by atoms with E-state index in [0.29, 0.717) is 19.6 Å². The molecule has 0 aliphatic heterocycles. The van der Waals surface area contributed by atoms with Gasteiger partial charge in [0.1, 0.15) is 0 Å². The van der Waals surface area contributed by atoms with E-state index < -0.39 is 0 Å². The normalized spacial score (nSPS) is 9.85. The van der Waals surface area contributed by atoms with E-state index in [1.165, 1.54) is 10.6 Å². The van der Waals surface area contributed by atoms with Crippen molar-refractivity contribution in [3.05, 3.63) is 70.1 Å². The number of ether oxygens (including phenoxy) is 1. The molecule has 0 spiro atoms. The van der Waals surface area contributed by atoms with Gasteiger partial charge in [0.05, 0.1) is 13.2 Å². The lowest BCUT2D eigenvalue weighted by atomic mass is 10.2. The van der Waals surface area contributed by atoms with Gasteiger partial charge in [-0.2, -0.15) is 0 Å². The molecule has 0 aliphatic rings. The first-order valence-corrected chi connectivity index (χ1v) is 6.53. The minimum atomic E-state index is -0.0443. The summed E-state index contributed by atoms with van der Waals surface area (Å²) in [5.41, 5.74) is 1.86. The predicted molar refractivity (Wildman–Crippen MR) is 79.3 cm³/mol. The molecular weight excluding hydrogens is 250 g/mol. The van der Waals surface area contributed by atoms with Crippen molar-refractivity contribution < 1.29 is 4.74 Å². The third-order valence-corrected chi connectivity index (χ3v) is 2.82. The number of nitrogens with zero attached hydrogens (tertiary/aromatic N) is 1. The maximum Gasteiger partial charge on any atom is 0.251 e. The Labute approximate surface area is 118 Å². The molecule has 0 saturated heterocycles. The minimum absolute atomic E-state index is 0.0443. The summed E-state index contributed by atoms with van der Waals surface area (Å²) in [5.74, 6) is 5.98. The smallest absolute Gasteiger partial charge is 0.251 e. The van der Waals surface area contributed by atoms with Crippen molar-refractivity contribution in [1.29, 1.82) is 0 Å². The average molecular weight is 267 g/mol. The first kappa shape index (κ1) is 14.1. The van der Waals surface area contributed by atoms with Crippen LogP contribution in [0, 0.1) is 11.8 Å². The summed E-state index contributed by atoms with van der Waals surface area (Å²) in [6.45, 7) is 1.20. The fourth-order valence-electron chi connectivity index (χ4n) is 1.68. The molecule has 0 unspecified atom stereocenters. The number of benzene rings is 1. The third kappa shape index (κ3) is 4.42. The van der Waals surface area contributed by atoms with E-state index >= 15 is 0 Å². The van der Waals surface area contributed by atoms with Crippen LogP contribution in [0.25, 0.3) is 0 Å². The van der Waals surface area contributed by atoms with Crippen LogP contribution in [0.1, 0.15) is 17.5 Å². The molecule has 0 atom stereocenters. The van der Waals surface area contributed by atoms with Crippen LogP contribution in [0.15, 0.2) is 53.5 Å². The molecule has 0 N–H and O–H groups in total. The number of hydrogen-bond acceptors (Lipinski definition) is 2. The second-order valence-electron chi connectivity index (χ2n) is 4.45. The first-order valence-electron chi connectivity index (χ1n) is 6.53. The van der Waals surface area contributed by atoms with Gasteiger partial charge in [-0.25, -0.2) is 0 Å². The highest BCUT2D eigenvalue weighted by Crippen LogP contribution is 2.00. The standard InChI is InChI=1S/C17H17NO2/c1-18-11-10-15(13-17(18)19)7-5-6-12-20-14-16-8-3-2-4-9-16/h2-4,8-11,13H,6,12,14H2,1H3. The van der Waals surface area contributed by atoms with Gasteiger partial charge < -0.3 is 9.30 Å². The summed E-state index contributed by atoms with van der Waals surface area (Å²) in [6.07, 6.45) is 2.38. The topological polar surface area (TPSA) is 31.2 Å². The molecular formula is C17H17NO2. The lowest BCUT2D eigenvalue weighted by molar-refractivity contribution is 0.126. The van der Waals surface area contributed by atoms with Gasteiger partial charge in [0, 0.05) is 31.3 Å². The molecule has 1 heterocycles. The SMILES string of the molecule is Cn1ccc(C#CCCOCc2ccccc2)cc1=O. The zero-order valence-electron chi connectivity index (χ0n) is 11.5. The highest BCUT2D eigenvalue weighted by atomic mass is 16.5. The van der Waals surface area contributed by atoms with Gasteiger partial charge in [-0.3, -0.25) is 4.79 Å². The summed E-state index contributed by atoms with van der Waals surface area (Å²) in [5, 5.41) is 0. The zero-order chi connectivity index (χ0) is 14.2. The minimum Gasteiger partial charge on any atom is -0.376 e. The molecule has 1 aromatic carbocycles. The first-order chi connectivity index (χ1) is 9.75. The van der Waals surface area contributed by atoms with Crippen LogP contribution >= 0.6 is 0 Å². The maximum absolute atomic E-state index is 11.4. The lowest BCUT2D eigenvalue weighted by Gasteiger charge is -2.01. The number of aryl methyl sites for hydroxylation is 1. The van der Waals surface area contributed by atoms with Gasteiger partial charge in [0.25, 0.3) is 5.56 Å². The molecule has 0 radical (unpaired) electrons. The van der Waals surface area contributed by atoms with Crippen molar-refractivity contribution in [2.24, 2.45) is 7.05 Å². The van der Waals surface area contributed by atoms with Crippen molar-refractivity contribution in [1.82, 2.24) is 4.57 Å². The highest BCUT2D eigenvalue weighted by Gasteiger charge is 1.92. The summed E-state index contributed by atoms with van der Waals surface area (Å²) in [6, 6.07) is 13.4. The Hall–Kier alpha value is -2.31. The quantitative estimate of drug-likeness (QED) is 0.629. The monoisotopic (exact) mass is 267 g/mol. The van der Waals surface area contributed by atoms with Gasteiger partial charge >= 0.3 is 0 Å². The van der Waals surface area contributed by atoms with E-state index in [9.17, 15) is 4.79 Å². The summed E-state index contributed by atoms with van der Waals surface area (Å²) in [4.78, 5) is 11.4. The summed E-state index contributed by atoms with van der Waals surface area (Å²) in [7, 11) is 1.72. The van der Waals surface area contributed by atoms with Crippen molar-refractivity contribution in [3.8, 4) is 11.8 Å². The average Bonchev–Trinajstić information content (AvgIpc) is 2.47. The van der Waals surface area contributed by atoms with Crippen LogP contribution < -0.4 is 5.56 Å². The van der Waals surface area contributed by atoms with Gasteiger partial charge in [0.2, 0.25) is 0 Å². The number of pyridine rings is 1. The van der Waals surface area contributed by atoms with Gasteiger partial charge in [0.15, 0.2) is 0 Å². The van der Waals surface area contributed by atoms with E-state index in [0.717, 1.165) is 11.1 Å². The Kier molecular flexibility index (Phi) is 5.16. The highest BCUT2D eigenvalue weighted by molar-refractivity contribution is 5.32. The summed E-state index contributed by atoms with van der Waals surface area (Å²) < 4.78 is 7.05. The van der Waals surface area contributed by atoms with Crippen molar-refractivity contribution >= 4 is 0 Å². The molecule has 2 rings (SSSR count). The molecule has 0 aliphatic carbocycles. The fourth-order valence-corrected chi connectivity index (χ4v) is 1.68. The number of aromatic nitrogens is 1. The molecule has 0 fully saturated rings. The van der Waals surface area contributed by atoms with Crippen LogP contribution in [0.2, 0.25) is 0 Å². The molecule has 0 amide bonds. The van der Waals surface area contributed by atoms with Crippen LogP contribution in [0.3, 0.4) is 0 Å². The van der Waals surface area contributed by atoms with Crippen molar-refractivity contribution in [2.45, 2.75) is 13.0 Å². The van der Waals surface area contributed by atoms with Crippen molar-refractivity contribution in [2.75, 3.05) is 6.61 Å². The number of rotatable bonds is 4. The van der Waals surface area contributed by atoms with Crippen LogP contribution in [0.5, 0.6) is 0 Å². The molecule has 20 heavy (non-hydrogen) atoms. The van der Waals surface area contributed by atoms with Crippen LogP contribution in [-0.4, -0.2) is 11.2 Å². The van der Waals surface area contributed by atoms with E-state index in [4.69, 9.17) is 4.74 Å². The van der Waals surface area contributed by atoms with E-state index in [-0.39, 0.29) is 5.56 Å². The Morgan fingerprint density at radius 1 is 1.20 bits per heavy atom. The van der Waals surface area contributed by atoms with E-state index in [1.54, 1.807) is 13.2 Å². The van der Waals surface area contributed by atoms with E-state index in [2.05, 4.69) is 11.8 Å². The summed E-state index contributed by atoms with van der Waals surface area (Å²) >= 11 is 0. The molecule has 3 heteroatoms. The Morgan fingerprint density at radius 3 is 2.75 bits per heavy atom. The molecule has 0 saturated carbocycles. The Balaban J connectivity index is 1.75. The molecule has 102 valence electrons. The molecule has 3 nitrogen and oxygen atoms in total.